The third-order valence-electron chi connectivity index (χ3n) is 3.03. The molecule has 0 aliphatic rings. The van der Waals surface area contributed by atoms with Gasteiger partial charge in [0, 0.05) is 18.7 Å². The number of hydrogen-bond donors (Lipinski definition) is 1. The van der Waals surface area contributed by atoms with Crippen molar-refractivity contribution in [3.05, 3.63) is 23.6 Å². The molecule has 20 heavy (non-hydrogen) atoms. The number of benzene rings is 1. The molecule has 0 unspecified atom stereocenters. The molecule has 3 aromatic rings. The highest BCUT2D eigenvalue weighted by molar-refractivity contribution is 7.90. The van der Waals surface area contributed by atoms with Crippen LogP contribution in [-0.2, 0) is 16.9 Å². The quantitative estimate of drug-likeness (QED) is 0.778. The molecule has 0 bridgehead atoms. The molecule has 0 aliphatic heterocycles. The Morgan fingerprint density at radius 2 is 2.05 bits per heavy atom. The molecule has 3 rings (SSSR count). The van der Waals surface area contributed by atoms with Gasteiger partial charge in [-0.3, -0.25) is 0 Å². The second kappa shape index (κ2) is 4.29. The fourth-order valence-electron chi connectivity index (χ4n) is 2.03. The summed E-state index contributed by atoms with van der Waals surface area (Å²) in [6.45, 7) is 0. The minimum atomic E-state index is -3.24. The highest BCUT2D eigenvalue weighted by Gasteiger charge is 2.15. The first kappa shape index (κ1) is 13.1. The van der Waals surface area contributed by atoms with Crippen molar-refractivity contribution in [3.8, 4) is 11.5 Å². The van der Waals surface area contributed by atoms with E-state index in [4.69, 9.17) is 5.73 Å². The Bertz CT molecular complexity index is 909. The number of thiazole rings is 1. The maximum Gasteiger partial charge on any atom is 0.180 e. The van der Waals surface area contributed by atoms with Crippen LogP contribution in [0.15, 0.2) is 28.5 Å². The number of hydrogen-bond acceptors (Lipinski definition) is 6. The molecule has 0 atom stereocenters. The summed E-state index contributed by atoms with van der Waals surface area (Å²) in [5.41, 5.74) is 7.79. The SMILES string of the molecule is Cn1c(-c2csc(N)n2)nc2cc(S(C)(=O)=O)ccc21. The summed E-state index contributed by atoms with van der Waals surface area (Å²) in [5.74, 6) is 0.665. The monoisotopic (exact) mass is 308 g/mol. The van der Waals surface area contributed by atoms with Crippen LogP contribution < -0.4 is 5.73 Å². The van der Waals surface area contributed by atoms with Crippen molar-refractivity contribution >= 4 is 37.3 Å². The predicted molar refractivity (Wildman–Crippen MR) is 79.3 cm³/mol. The lowest BCUT2D eigenvalue weighted by molar-refractivity contribution is 0.602. The van der Waals surface area contributed by atoms with Crippen molar-refractivity contribution in [1.29, 1.82) is 0 Å². The van der Waals surface area contributed by atoms with Gasteiger partial charge >= 0.3 is 0 Å². The zero-order chi connectivity index (χ0) is 14.5. The highest BCUT2D eigenvalue weighted by Crippen LogP contribution is 2.27. The van der Waals surface area contributed by atoms with Gasteiger partial charge in [0.2, 0.25) is 0 Å². The third kappa shape index (κ3) is 2.06. The topological polar surface area (TPSA) is 90.9 Å². The smallest absolute Gasteiger partial charge is 0.180 e. The van der Waals surface area contributed by atoms with Crippen molar-refractivity contribution < 1.29 is 8.42 Å². The standard InChI is InChI=1S/C12H12N4O2S2/c1-16-10-4-3-7(20(2,17)18)5-8(10)14-11(16)9-6-19-12(13)15-9/h3-6H,1-2H3,(H2,13,15). The van der Waals surface area contributed by atoms with Crippen LogP contribution in [0.3, 0.4) is 0 Å². The van der Waals surface area contributed by atoms with Crippen LogP contribution in [0.1, 0.15) is 0 Å². The summed E-state index contributed by atoms with van der Waals surface area (Å²) in [5, 5.41) is 2.30. The van der Waals surface area contributed by atoms with Crippen molar-refractivity contribution in [2.75, 3.05) is 12.0 Å². The maximum absolute atomic E-state index is 11.6. The number of aromatic nitrogens is 3. The Labute approximate surface area is 119 Å². The number of aryl methyl sites for hydroxylation is 1. The zero-order valence-corrected chi connectivity index (χ0v) is 12.5. The minimum absolute atomic E-state index is 0.257. The zero-order valence-electron chi connectivity index (χ0n) is 10.9. The number of nitrogen functional groups attached to an aromatic ring is 1. The molecule has 0 saturated heterocycles. The van der Waals surface area contributed by atoms with Crippen LogP contribution in [0.25, 0.3) is 22.6 Å². The van der Waals surface area contributed by atoms with E-state index in [1.165, 1.54) is 17.6 Å². The Kier molecular flexibility index (Phi) is 2.80. The molecule has 2 N–H and O–H groups in total. The molecule has 6 nitrogen and oxygen atoms in total. The number of nitrogens with two attached hydrogens (primary N) is 1. The van der Waals surface area contributed by atoms with Crippen LogP contribution in [0.4, 0.5) is 5.13 Å². The molecule has 2 aromatic heterocycles. The minimum Gasteiger partial charge on any atom is -0.375 e. The van der Waals surface area contributed by atoms with Gasteiger partial charge in [0.25, 0.3) is 0 Å². The summed E-state index contributed by atoms with van der Waals surface area (Å²) in [4.78, 5) is 8.92. The van der Waals surface area contributed by atoms with E-state index < -0.39 is 9.84 Å². The van der Waals surface area contributed by atoms with Gasteiger partial charge in [-0.25, -0.2) is 18.4 Å². The molecule has 8 heteroatoms. The molecule has 0 amide bonds. The molecule has 0 fully saturated rings. The summed E-state index contributed by atoms with van der Waals surface area (Å²) < 4.78 is 25.0. The number of imidazole rings is 1. The maximum atomic E-state index is 11.6. The average Bonchev–Trinajstić information content (AvgIpc) is 2.92. The first-order chi connectivity index (χ1) is 9.36. The largest absolute Gasteiger partial charge is 0.375 e. The highest BCUT2D eigenvalue weighted by atomic mass is 32.2. The molecule has 0 radical (unpaired) electrons. The number of rotatable bonds is 2. The van der Waals surface area contributed by atoms with Crippen molar-refractivity contribution in [1.82, 2.24) is 14.5 Å². The number of fused-ring (bicyclic) bond motifs is 1. The first-order valence-corrected chi connectivity index (χ1v) is 8.51. The van der Waals surface area contributed by atoms with Crippen LogP contribution >= 0.6 is 11.3 Å². The number of nitrogens with zero attached hydrogens (tertiary/aromatic N) is 3. The van der Waals surface area contributed by atoms with E-state index in [-0.39, 0.29) is 4.90 Å². The van der Waals surface area contributed by atoms with Gasteiger partial charge in [0.15, 0.2) is 20.8 Å². The van der Waals surface area contributed by atoms with Crippen LogP contribution in [0, 0.1) is 0 Å². The Morgan fingerprint density at radius 3 is 2.65 bits per heavy atom. The van der Waals surface area contributed by atoms with E-state index in [9.17, 15) is 8.42 Å². The first-order valence-electron chi connectivity index (χ1n) is 5.74. The fraction of sp³-hybridized carbons (Fsp3) is 0.167. The molecule has 1 aromatic carbocycles. The number of sulfone groups is 1. The molecule has 2 heterocycles. The Balaban J connectivity index is 2.24. The van der Waals surface area contributed by atoms with E-state index in [0.717, 1.165) is 5.52 Å². The molecule has 0 saturated carbocycles. The third-order valence-corrected chi connectivity index (χ3v) is 4.82. The van der Waals surface area contributed by atoms with Gasteiger partial charge in [0.05, 0.1) is 15.9 Å². The summed E-state index contributed by atoms with van der Waals surface area (Å²) >= 11 is 1.34. The van der Waals surface area contributed by atoms with Gasteiger partial charge in [-0.05, 0) is 18.2 Å². The molecule has 0 aliphatic carbocycles. The lowest BCUT2D eigenvalue weighted by atomic mass is 10.3. The van der Waals surface area contributed by atoms with Gasteiger partial charge in [-0.1, -0.05) is 0 Å². The lowest BCUT2D eigenvalue weighted by Gasteiger charge is -2.00. The normalized spacial score (nSPS) is 12.1. The summed E-state index contributed by atoms with van der Waals surface area (Å²) in [6.07, 6.45) is 1.18. The predicted octanol–water partition coefficient (Wildman–Crippen LogP) is 1.68. The molecule has 104 valence electrons. The summed E-state index contributed by atoms with van der Waals surface area (Å²) in [7, 11) is -1.38. The second-order valence-electron chi connectivity index (χ2n) is 4.49. The summed E-state index contributed by atoms with van der Waals surface area (Å²) in [6, 6.07) is 4.90. The van der Waals surface area contributed by atoms with Gasteiger partial charge in [0.1, 0.15) is 5.69 Å². The average molecular weight is 308 g/mol. The van der Waals surface area contributed by atoms with E-state index >= 15 is 0 Å². The second-order valence-corrected chi connectivity index (χ2v) is 7.39. The molecule has 0 spiro atoms. The molecular formula is C12H12N4O2S2. The van der Waals surface area contributed by atoms with E-state index in [2.05, 4.69) is 9.97 Å². The van der Waals surface area contributed by atoms with Crippen LogP contribution in [0.2, 0.25) is 0 Å². The van der Waals surface area contributed by atoms with Gasteiger partial charge in [-0.15, -0.1) is 11.3 Å². The molecular weight excluding hydrogens is 296 g/mol. The van der Waals surface area contributed by atoms with Crippen molar-refractivity contribution in [3.63, 3.8) is 0 Å². The van der Waals surface area contributed by atoms with E-state index in [1.54, 1.807) is 18.2 Å². The van der Waals surface area contributed by atoms with Crippen molar-refractivity contribution in [2.24, 2.45) is 7.05 Å². The Morgan fingerprint density at radius 1 is 1.30 bits per heavy atom. The van der Waals surface area contributed by atoms with E-state index in [0.29, 0.717) is 22.2 Å². The van der Waals surface area contributed by atoms with Gasteiger partial charge in [-0.2, -0.15) is 0 Å². The Hall–Kier alpha value is -1.93. The number of anilines is 1. The van der Waals surface area contributed by atoms with Gasteiger partial charge < -0.3 is 10.3 Å². The van der Waals surface area contributed by atoms with E-state index in [1.807, 2.05) is 17.0 Å². The lowest BCUT2D eigenvalue weighted by Crippen LogP contribution is -1.96. The van der Waals surface area contributed by atoms with Crippen LogP contribution in [0.5, 0.6) is 0 Å². The van der Waals surface area contributed by atoms with Crippen molar-refractivity contribution in [2.45, 2.75) is 4.90 Å². The fourth-order valence-corrected chi connectivity index (χ4v) is 3.21. The van der Waals surface area contributed by atoms with Crippen LogP contribution in [-0.4, -0.2) is 29.2 Å².